The quantitative estimate of drug-likeness (QED) is 0.215. The predicted molar refractivity (Wildman–Crippen MR) is 148 cm³/mol. The summed E-state index contributed by atoms with van der Waals surface area (Å²) in [6.07, 6.45) is 4.07. The Balaban J connectivity index is 0.000000330. The van der Waals surface area contributed by atoms with Crippen molar-refractivity contribution in [3.8, 4) is 0 Å². The van der Waals surface area contributed by atoms with Crippen LogP contribution in [0.4, 0.5) is 35.1 Å². The molecule has 0 aromatic heterocycles. The van der Waals surface area contributed by atoms with Crippen molar-refractivity contribution in [1.82, 2.24) is 4.90 Å². The van der Waals surface area contributed by atoms with Crippen LogP contribution in [-0.2, 0) is 0 Å². The van der Waals surface area contributed by atoms with Gasteiger partial charge in [0.15, 0.2) is 0 Å². The normalized spacial score (nSPS) is 18.5. The topological polar surface area (TPSA) is 3.24 Å². The first-order valence-corrected chi connectivity index (χ1v) is 13.7. The Hall–Kier alpha value is -3.66. The number of hydrogen-bond acceptors (Lipinski definition) is 1. The first-order chi connectivity index (χ1) is 19.9. The van der Waals surface area contributed by atoms with E-state index < -0.39 is 52.7 Å². The molecule has 4 aromatic rings. The average molecular weight is 588 g/mol. The SMILES string of the molecule is CN1[C@@H]2CCC[C@H]1CC2.Fc1cc(F)cc([B-](c2cc(F)cc(F)c2)(c2cc(F)cc(F)c2)c2cc(F)cc(F)c2)c1. The molecular weight excluding hydrogens is 561 g/mol. The molecule has 0 amide bonds. The standard InChI is InChI=1S/C24H12BF8.C8H15N/c26-17-1-13(2-18(27)9-17)25(14-3-19(28)10-20(29)4-14,15-5-21(30)11-22(31)6-15)16-7-23(32)12-24(33)8-16;1-9-7-3-2-4-8(9)6-5-7/h1-12H;7-8H,2-6H2,1H3/q-1;/t;7-,8+. The Morgan fingerprint density at radius 3 is 0.881 bits per heavy atom. The molecule has 2 bridgehead atoms. The van der Waals surface area contributed by atoms with Crippen molar-refractivity contribution in [2.45, 2.75) is 44.2 Å². The van der Waals surface area contributed by atoms with Crippen LogP contribution in [0.1, 0.15) is 32.1 Å². The molecule has 2 aliphatic rings. The number of fused-ring (bicyclic) bond motifs is 2. The molecule has 6 rings (SSSR count). The van der Waals surface area contributed by atoms with Gasteiger partial charge in [0.2, 0.25) is 0 Å². The Kier molecular flexibility index (Phi) is 8.46. The second kappa shape index (κ2) is 11.9. The third-order valence-electron chi connectivity index (χ3n) is 8.60. The summed E-state index contributed by atoms with van der Waals surface area (Å²) in [4.78, 5) is 2.59. The number of nitrogens with zero attached hydrogens (tertiary/aromatic N) is 1. The zero-order chi connectivity index (χ0) is 30.2. The zero-order valence-electron chi connectivity index (χ0n) is 22.7. The lowest BCUT2D eigenvalue weighted by molar-refractivity contribution is 0.179. The largest absolute Gasteiger partial charge is 0.300 e. The molecule has 0 unspecified atom stereocenters. The van der Waals surface area contributed by atoms with Gasteiger partial charge in [0.25, 0.3) is 0 Å². The summed E-state index contributed by atoms with van der Waals surface area (Å²) in [5.41, 5.74) is -1.42. The smallest absolute Gasteiger partial charge is 0.123 e. The average Bonchev–Trinajstić information content (AvgIpc) is 3.06. The number of rotatable bonds is 4. The van der Waals surface area contributed by atoms with Crippen LogP contribution in [0.25, 0.3) is 0 Å². The molecule has 0 aliphatic carbocycles. The van der Waals surface area contributed by atoms with E-state index in [1.165, 1.54) is 32.1 Å². The van der Waals surface area contributed by atoms with Gasteiger partial charge in [-0.1, -0.05) is 55.0 Å². The van der Waals surface area contributed by atoms with E-state index in [1.54, 1.807) is 0 Å². The summed E-state index contributed by atoms with van der Waals surface area (Å²) in [6, 6.07) is 10.2. The van der Waals surface area contributed by atoms with E-state index in [2.05, 4.69) is 11.9 Å². The van der Waals surface area contributed by atoms with Crippen LogP contribution in [0, 0.1) is 46.5 Å². The van der Waals surface area contributed by atoms with E-state index in [0.717, 1.165) is 60.6 Å². The molecule has 4 aromatic carbocycles. The maximum Gasteiger partial charge on any atom is 0.123 e. The lowest BCUT2D eigenvalue weighted by Crippen LogP contribution is -2.75. The fraction of sp³-hybridized carbons (Fsp3) is 0.250. The van der Waals surface area contributed by atoms with Gasteiger partial charge in [-0.25, -0.2) is 35.1 Å². The van der Waals surface area contributed by atoms with Gasteiger partial charge in [0.05, 0.1) is 0 Å². The molecule has 1 nitrogen and oxygen atoms in total. The lowest BCUT2D eigenvalue weighted by atomic mass is 9.13. The molecule has 2 fully saturated rings. The maximum absolute atomic E-state index is 14.3. The highest BCUT2D eigenvalue weighted by Gasteiger charge is 2.35. The maximum atomic E-state index is 14.3. The second-order valence-electron chi connectivity index (χ2n) is 11.2. The Morgan fingerprint density at radius 1 is 0.429 bits per heavy atom. The van der Waals surface area contributed by atoms with Crippen molar-refractivity contribution in [1.29, 1.82) is 0 Å². The highest BCUT2D eigenvalue weighted by molar-refractivity contribution is 7.19. The van der Waals surface area contributed by atoms with Crippen molar-refractivity contribution in [3.05, 3.63) is 119 Å². The van der Waals surface area contributed by atoms with Gasteiger partial charge in [-0.2, -0.15) is 21.9 Å². The van der Waals surface area contributed by atoms with E-state index in [1.807, 2.05) is 0 Å². The van der Waals surface area contributed by atoms with E-state index >= 15 is 0 Å². The van der Waals surface area contributed by atoms with Crippen LogP contribution in [-0.4, -0.2) is 30.2 Å². The molecule has 0 saturated carbocycles. The van der Waals surface area contributed by atoms with Gasteiger partial charge in [-0.15, -0.1) is 0 Å². The number of halogens is 8. The minimum Gasteiger partial charge on any atom is -0.300 e. The minimum atomic E-state index is -3.29. The van der Waals surface area contributed by atoms with E-state index in [4.69, 9.17) is 0 Å². The molecule has 0 spiro atoms. The number of hydrogen-bond donors (Lipinski definition) is 0. The fourth-order valence-electron chi connectivity index (χ4n) is 6.83. The summed E-state index contributed by atoms with van der Waals surface area (Å²) in [7, 11) is 2.29. The molecule has 2 atom stereocenters. The zero-order valence-corrected chi connectivity index (χ0v) is 22.7. The van der Waals surface area contributed by atoms with Crippen molar-refractivity contribution < 1.29 is 35.1 Å². The first-order valence-electron chi connectivity index (χ1n) is 13.7. The first kappa shape index (κ1) is 29.8. The highest BCUT2D eigenvalue weighted by atomic mass is 19.2. The summed E-state index contributed by atoms with van der Waals surface area (Å²) in [5, 5.41) is 0. The van der Waals surface area contributed by atoms with Crippen LogP contribution >= 0.6 is 0 Å². The van der Waals surface area contributed by atoms with Gasteiger partial charge in [-0.3, -0.25) is 0 Å². The molecule has 10 heteroatoms. The van der Waals surface area contributed by atoms with Crippen molar-refractivity contribution in [3.63, 3.8) is 0 Å². The fourth-order valence-corrected chi connectivity index (χ4v) is 6.83. The predicted octanol–water partition coefficient (Wildman–Crippen LogP) is 5.81. The number of piperidine rings is 1. The molecule has 2 saturated heterocycles. The molecule has 2 heterocycles. The summed E-state index contributed by atoms with van der Waals surface area (Å²) < 4.78 is 114. The van der Waals surface area contributed by atoms with Crippen LogP contribution < -0.4 is 21.9 Å². The second-order valence-corrected chi connectivity index (χ2v) is 11.2. The van der Waals surface area contributed by atoms with Crippen LogP contribution in [0.2, 0.25) is 0 Å². The molecule has 2 aliphatic heterocycles. The minimum absolute atomic E-state index is 0.354. The van der Waals surface area contributed by atoms with Crippen molar-refractivity contribution in [2.24, 2.45) is 0 Å². The van der Waals surface area contributed by atoms with Crippen molar-refractivity contribution >= 4 is 28.0 Å². The van der Waals surface area contributed by atoms with Gasteiger partial charge < -0.3 is 4.90 Å². The molecule has 0 radical (unpaired) electrons. The van der Waals surface area contributed by atoms with Crippen molar-refractivity contribution in [2.75, 3.05) is 7.05 Å². The lowest BCUT2D eigenvalue weighted by Gasteiger charge is -2.44. The third-order valence-corrected chi connectivity index (χ3v) is 8.60. The monoisotopic (exact) mass is 588 g/mol. The van der Waals surface area contributed by atoms with E-state index in [9.17, 15) is 35.1 Å². The Morgan fingerprint density at radius 2 is 0.667 bits per heavy atom. The van der Waals surface area contributed by atoms with E-state index in [-0.39, 0.29) is 21.9 Å². The summed E-state index contributed by atoms with van der Waals surface area (Å²) in [5.74, 6) is -8.99. The number of benzene rings is 4. The Labute approximate surface area is 238 Å². The molecular formula is C32H27BF8N-. The molecule has 42 heavy (non-hydrogen) atoms. The van der Waals surface area contributed by atoms with Crippen LogP contribution in [0.5, 0.6) is 0 Å². The van der Waals surface area contributed by atoms with Gasteiger partial charge in [0.1, 0.15) is 52.7 Å². The molecule has 220 valence electrons. The van der Waals surface area contributed by atoms with Gasteiger partial charge >= 0.3 is 0 Å². The third kappa shape index (κ3) is 5.95. The summed E-state index contributed by atoms with van der Waals surface area (Å²) in [6.45, 7) is 0. The Bertz CT molecular complexity index is 1300. The van der Waals surface area contributed by atoms with E-state index in [0.29, 0.717) is 24.3 Å². The van der Waals surface area contributed by atoms with Gasteiger partial charge in [-0.05, 0) is 32.7 Å². The van der Waals surface area contributed by atoms with Crippen LogP contribution in [0.15, 0.2) is 72.8 Å². The molecule has 0 N–H and O–H groups in total. The van der Waals surface area contributed by atoms with Crippen LogP contribution in [0.3, 0.4) is 0 Å². The summed E-state index contributed by atoms with van der Waals surface area (Å²) >= 11 is 0. The highest BCUT2D eigenvalue weighted by Crippen LogP contribution is 2.33. The van der Waals surface area contributed by atoms with Gasteiger partial charge in [0, 0.05) is 36.3 Å².